The van der Waals surface area contributed by atoms with Gasteiger partial charge in [0.15, 0.2) is 6.29 Å². The van der Waals surface area contributed by atoms with Crippen molar-refractivity contribution in [1.29, 1.82) is 0 Å². The quantitative estimate of drug-likeness (QED) is 0.328. The molecule has 0 spiro atoms. The van der Waals surface area contributed by atoms with Gasteiger partial charge < -0.3 is 35.0 Å². The van der Waals surface area contributed by atoms with Gasteiger partial charge in [-0.25, -0.2) is 0 Å². The predicted octanol–water partition coefficient (Wildman–Crippen LogP) is -2.81. The molecule has 7 nitrogen and oxygen atoms in total. The molecule has 1 rings (SSSR count). The highest BCUT2D eigenvalue weighted by Gasteiger charge is 2.43. The van der Waals surface area contributed by atoms with Crippen molar-refractivity contribution < 1.29 is 35.0 Å². The van der Waals surface area contributed by atoms with Gasteiger partial charge in [0, 0.05) is 6.61 Å². The van der Waals surface area contributed by atoms with E-state index in [9.17, 15) is 15.3 Å². The van der Waals surface area contributed by atoms with Crippen molar-refractivity contribution in [1.82, 2.24) is 0 Å². The molecule has 0 radical (unpaired) electrons. The first-order chi connectivity index (χ1) is 7.61. The molecule has 1 aliphatic heterocycles. The van der Waals surface area contributed by atoms with Crippen molar-refractivity contribution in [3.05, 3.63) is 0 Å². The van der Waals surface area contributed by atoms with Gasteiger partial charge in [0.1, 0.15) is 24.4 Å². The van der Waals surface area contributed by atoms with E-state index in [2.05, 4.69) is 0 Å². The van der Waals surface area contributed by atoms with Crippen LogP contribution in [0, 0.1) is 0 Å². The molecule has 0 unspecified atom stereocenters. The third-order valence-electron chi connectivity index (χ3n) is 2.43. The SMILES string of the molecule is OCCCO[C@H]1O[C@H](CO)[C@@H](O)[C@H](O)[C@H]1O. The standard InChI is InChI=1S/C9H18O7/c10-2-1-3-15-9-8(14)7(13)6(12)5(4-11)16-9/h5-14H,1-4H2/t5-,6-,7+,8-,9+/m1/s1. The molecule has 16 heavy (non-hydrogen) atoms. The van der Waals surface area contributed by atoms with Crippen molar-refractivity contribution in [3.8, 4) is 0 Å². The largest absolute Gasteiger partial charge is 0.396 e. The number of hydrogen-bond acceptors (Lipinski definition) is 7. The molecule has 5 atom stereocenters. The van der Waals surface area contributed by atoms with Crippen LogP contribution in [0.3, 0.4) is 0 Å². The van der Waals surface area contributed by atoms with Crippen molar-refractivity contribution in [2.24, 2.45) is 0 Å². The van der Waals surface area contributed by atoms with Gasteiger partial charge >= 0.3 is 0 Å². The summed E-state index contributed by atoms with van der Waals surface area (Å²) in [4.78, 5) is 0. The lowest BCUT2D eigenvalue weighted by Gasteiger charge is -2.39. The van der Waals surface area contributed by atoms with Gasteiger partial charge in [-0.05, 0) is 6.42 Å². The minimum atomic E-state index is -1.43. The van der Waals surface area contributed by atoms with Crippen LogP contribution in [-0.4, -0.2) is 76.1 Å². The summed E-state index contributed by atoms with van der Waals surface area (Å²) < 4.78 is 10.1. The zero-order valence-electron chi connectivity index (χ0n) is 8.77. The van der Waals surface area contributed by atoms with E-state index in [-0.39, 0.29) is 13.2 Å². The van der Waals surface area contributed by atoms with Crippen molar-refractivity contribution >= 4 is 0 Å². The van der Waals surface area contributed by atoms with Gasteiger partial charge in [-0.3, -0.25) is 0 Å². The van der Waals surface area contributed by atoms with Gasteiger partial charge in [0.25, 0.3) is 0 Å². The molecule has 5 N–H and O–H groups in total. The number of aliphatic hydroxyl groups excluding tert-OH is 5. The number of aliphatic hydroxyl groups is 5. The van der Waals surface area contributed by atoms with Crippen LogP contribution in [0.15, 0.2) is 0 Å². The van der Waals surface area contributed by atoms with E-state index in [1.54, 1.807) is 0 Å². The molecule has 7 heteroatoms. The average Bonchev–Trinajstić information content (AvgIpc) is 2.29. The molecule has 1 saturated heterocycles. The van der Waals surface area contributed by atoms with Crippen molar-refractivity contribution in [2.75, 3.05) is 19.8 Å². The lowest BCUT2D eigenvalue weighted by Crippen LogP contribution is -2.59. The maximum absolute atomic E-state index is 9.52. The maximum atomic E-state index is 9.52. The van der Waals surface area contributed by atoms with Crippen LogP contribution in [-0.2, 0) is 9.47 Å². The third-order valence-corrected chi connectivity index (χ3v) is 2.43. The first-order valence-electron chi connectivity index (χ1n) is 5.14. The second-order valence-corrected chi connectivity index (χ2v) is 3.65. The van der Waals surface area contributed by atoms with Gasteiger partial charge in [-0.2, -0.15) is 0 Å². The molecule has 1 fully saturated rings. The summed E-state index contributed by atoms with van der Waals surface area (Å²) in [5, 5.41) is 45.8. The van der Waals surface area contributed by atoms with Gasteiger partial charge in [-0.1, -0.05) is 0 Å². The summed E-state index contributed by atoms with van der Waals surface area (Å²) in [6, 6.07) is 0. The fraction of sp³-hybridized carbons (Fsp3) is 1.00. The summed E-state index contributed by atoms with van der Waals surface area (Å²) in [6.07, 6.45) is -5.88. The molecule has 0 saturated carbocycles. The molecule has 0 aromatic rings. The lowest BCUT2D eigenvalue weighted by molar-refractivity contribution is -0.301. The Morgan fingerprint density at radius 3 is 2.25 bits per heavy atom. The minimum absolute atomic E-state index is 0.0581. The van der Waals surface area contributed by atoms with E-state index in [1.165, 1.54) is 0 Å². The highest BCUT2D eigenvalue weighted by atomic mass is 16.7. The van der Waals surface area contributed by atoms with Crippen LogP contribution < -0.4 is 0 Å². The summed E-state index contributed by atoms with van der Waals surface area (Å²) in [5.41, 5.74) is 0. The molecule has 0 bridgehead atoms. The summed E-state index contributed by atoms with van der Waals surface area (Å²) in [7, 11) is 0. The maximum Gasteiger partial charge on any atom is 0.186 e. The van der Waals surface area contributed by atoms with E-state index in [4.69, 9.17) is 19.7 Å². The molecular formula is C9H18O7. The predicted molar refractivity (Wildman–Crippen MR) is 51.4 cm³/mol. The highest BCUT2D eigenvalue weighted by molar-refractivity contribution is 4.88. The van der Waals surface area contributed by atoms with Crippen LogP contribution in [0.4, 0.5) is 0 Å². The Morgan fingerprint density at radius 2 is 1.69 bits per heavy atom. The second kappa shape index (κ2) is 6.45. The van der Waals surface area contributed by atoms with Crippen LogP contribution in [0.2, 0.25) is 0 Å². The zero-order chi connectivity index (χ0) is 12.1. The summed E-state index contributed by atoms with van der Waals surface area (Å²) >= 11 is 0. The second-order valence-electron chi connectivity index (χ2n) is 3.65. The van der Waals surface area contributed by atoms with E-state index in [0.717, 1.165) is 0 Å². The van der Waals surface area contributed by atoms with Gasteiger partial charge in [0.05, 0.1) is 13.2 Å². The average molecular weight is 238 g/mol. The van der Waals surface area contributed by atoms with Crippen molar-refractivity contribution in [2.45, 2.75) is 37.1 Å². The number of rotatable bonds is 5. The van der Waals surface area contributed by atoms with E-state index < -0.39 is 37.3 Å². The lowest BCUT2D eigenvalue weighted by atomic mass is 9.99. The Bertz CT molecular complexity index is 198. The molecular weight excluding hydrogens is 220 g/mol. The van der Waals surface area contributed by atoms with Crippen LogP contribution in [0.5, 0.6) is 0 Å². The highest BCUT2D eigenvalue weighted by Crippen LogP contribution is 2.21. The Kier molecular flexibility index (Phi) is 5.56. The molecule has 1 aliphatic rings. The first-order valence-corrected chi connectivity index (χ1v) is 5.14. The van der Waals surface area contributed by atoms with E-state index >= 15 is 0 Å². The Hall–Kier alpha value is -0.280. The molecule has 0 amide bonds. The number of ether oxygens (including phenoxy) is 2. The topological polar surface area (TPSA) is 120 Å². The van der Waals surface area contributed by atoms with Gasteiger partial charge in [-0.15, -0.1) is 0 Å². The number of hydrogen-bond donors (Lipinski definition) is 5. The van der Waals surface area contributed by atoms with Crippen LogP contribution >= 0.6 is 0 Å². The van der Waals surface area contributed by atoms with Crippen LogP contribution in [0.1, 0.15) is 6.42 Å². The molecule has 1 heterocycles. The fourth-order valence-corrected chi connectivity index (χ4v) is 1.47. The fourth-order valence-electron chi connectivity index (χ4n) is 1.47. The Morgan fingerprint density at radius 1 is 1.00 bits per heavy atom. The van der Waals surface area contributed by atoms with E-state index in [0.29, 0.717) is 6.42 Å². The Labute approximate surface area is 92.9 Å². The van der Waals surface area contributed by atoms with Crippen LogP contribution in [0.25, 0.3) is 0 Å². The molecule has 96 valence electrons. The first kappa shape index (κ1) is 13.8. The molecule has 0 aromatic heterocycles. The summed E-state index contributed by atoms with van der Waals surface area (Å²) in [6.45, 7) is -0.387. The monoisotopic (exact) mass is 238 g/mol. The molecule has 0 aliphatic carbocycles. The van der Waals surface area contributed by atoms with E-state index in [1.807, 2.05) is 0 Å². The van der Waals surface area contributed by atoms with Crippen molar-refractivity contribution in [3.63, 3.8) is 0 Å². The minimum Gasteiger partial charge on any atom is -0.396 e. The molecule has 0 aromatic carbocycles. The normalized spacial score (nSPS) is 39.9. The van der Waals surface area contributed by atoms with Gasteiger partial charge in [0.2, 0.25) is 0 Å². The smallest absolute Gasteiger partial charge is 0.186 e. The zero-order valence-corrected chi connectivity index (χ0v) is 8.77. The summed E-state index contributed by atoms with van der Waals surface area (Å²) in [5.74, 6) is 0. The Balaban J connectivity index is 2.50. The third kappa shape index (κ3) is 3.11.